The van der Waals surface area contributed by atoms with Crippen molar-refractivity contribution >= 4 is 52.5 Å². The molecule has 1 fully saturated rings. The van der Waals surface area contributed by atoms with Gasteiger partial charge in [0.2, 0.25) is 5.91 Å². The number of rotatable bonds is 4. The SMILES string of the molecule is Cc1ccccc1N1C(=O)[C@@H](Cc2cc(Cl)ccc2Cl)S/C1=C(/C#N)C(N)=O. The quantitative estimate of drug-likeness (QED) is 0.579. The minimum absolute atomic E-state index is 0.234. The van der Waals surface area contributed by atoms with E-state index in [2.05, 4.69) is 0 Å². The predicted octanol–water partition coefficient (Wildman–Crippen LogP) is 4.21. The molecule has 1 heterocycles. The Morgan fingerprint density at radius 2 is 2.00 bits per heavy atom. The third kappa shape index (κ3) is 3.88. The second-order valence-electron chi connectivity index (χ2n) is 6.16. The van der Waals surface area contributed by atoms with Crippen molar-refractivity contribution in [1.82, 2.24) is 0 Å². The number of aryl methyl sites for hydroxylation is 1. The van der Waals surface area contributed by atoms with Crippen LogP contribution in [0.1, 0.15) is 11.1 Å². The maximum atomic E-state index is 13.2. The molecule has 0 bridgehead atoms. The van der Waals surface area contributed by atoms with Crippen LogP contribution in [0.15, 0.2) is 53.1 Å². The number of hydrogen-bond acceptors (Lipinski definition) is 4. The van der Waals surface area contributed by atoms with Crippen LogP contribution in [0, 0.1) is 18.3 Å². The highest BCUT2D eigenvalue weighted by atomic mass is 35.5. The zero-order valence-corrected chi connectivity index (χ0v) is 17.1. The van der Waals surface area contributed by atoms with Crippen LogP contribution in [0.5, 0.6) is 0 Å². The average Bonchev–Trinajstić information content (AvgIpc) is 2.95. The Balaban J connectivity index is 2.08. The van der Waals surface area contributed by atoms with Crippen LogP contribution in [-0.2, 0) is 16.0 Å². The van der Waals surface area contributed by atoms with Crippen LogP contribution in [0.3, 0.4) is 0 Å². The van der Waals surface area contributed by atoms with Gasteiger partial charge in [-0.3, -0.25) is 14.5 Å². The third-order valence-electron chi connectivity index (χ3n) is 4.29. The van der Waals surface area contributed by atoms with Gasteiger partial charge >= 0.3 is 0 Å². The van der Waals surface area contributed by atoms with Gasteiger partial charge in [0.25, 0.3) is 5.91 Å². The van der Waals surface area contributed by atoms with E-state index in [1.54, 1.807) is 30.3 Å². The summed E-state index contributed by atoms with van der Waals surface area (Å²) in [6, 6.07) is 14.1. The molecule has 0 aromatic heterocycles. The average molecular weight is 432 g/mol. The molecule has 1 aliphatic heterocycles. The van der Waals surface area contributed by atoms with Crippen LogP contribution in [0.4, 0.5) is 5.69 Å². The third-order valence-corrected chi connectivity index (χ3v) is 6.16. The van der Waals surface area contributed by atoms with Gasteiger partial charge in [-0.05, 0) is 48.7 Å². The van der Waals surface area contributed by atoms with Gasteiger partial charge in [0.1, 0.15) is 16.7 Å². The maximum Gasteiger partial charge on any atom is 0.262 e. The minimum atomic E-state index is -0.877. The molecule has 2 amide bonds. The molecular weight excluding hydrogens is 417 g/mol. The second-order valence-corrected chi connectivity index (χ2v) is 8.20. The standard InChI is InChI=1S/C20H15Cl2N3O2S/c1-11-4-2-3-5-16(11)25-19(27)17(28-20(25)14(10-23)18(24)26)9-12-8-13(21)6-7-15(12)22/h2-8,17H,9H2,1H3,(H2,24,26)/b20-14-/t17-/m1/s1. The van der Waals surface area contributed by atoms with Gasteiger partial charge in [0.15, 0.2) is 0 Å². The van der Waals surface area contributed by atoms with Crippen LogP contribution in [-0.4, -0.2) is 17.1 Å². The zero-order valence-electron chi connectivity index (χ0n) is 14.8. The van der Waals surface area contributed by atoms with Crippen molar-refractivity contribution < 1.29 is 9.59 Å². The highest BCUT2D eigenvalue weighted by Gasteiger charge is 2.41. The molecule has 0 unspecified atom stereocenters. The molecule has 0 spiro atoms. The van der Waals surface area contributed by atoms with E-state index in [-0.39, 0.29) is 16.5 Å². The number of anilines is 1. The summed E-state index contributed by atoms with van der Waals surface area (Å²) in [5, 5.41) is 10.1. The molecule has 8 heteroatoms. The lowest BCUT2D eigenvalue weighted by molar-refractivity contribution is -0.117. The lowest BCUT2D eigenvalue weighted by Crippen LogP contribution is -2.31. The molecule has 28 heavy (non-hydrogen) atoms. The summed E-state index contributed by atoms with van der Waals surface area (Å²) < 4.78 is 0. The predicted molar refractivity (Wildman–Crippen MR) is 112 cm³/mol. The molecule has 2 aromatic carbocycles. The summed E-state index contributed by atoms with van der Waals surface area (Å²) in [5.41, 5.74) is 7.28. The Kier molecular flexibility index (Phi) is 5.99. The van der Waals surface area contributed by atoms with E-state index >= 15 is 0 Å². The number of benzene rings is 2. The van der Waals surface area contributed by atoms with Crippen LogP contribution < -0.4 is 10.6 Å². The number of carbonyl (C=O) groups excluding carboxylic acids is 2. The first-order valence-corrected chi connectivity index (χ1v) is 9.91. The van der Waals surface area contributed by atoms with Gasteiger partial charge in [-0.25, -0.2) is 0 Å². The van der Waals surface area contributed by atoms with Crippen LogP contribution in [0.2, 0.25) is 10.0 Å². The molecule has 1 saturated heterocycles. The summed E-state index contributed by atoms with van der Waals surface area (Å²) in [4.78, 5) is 26.4. The van der Waals surface area contributed by atoms with Crippen LogP contribution >= 0.6 is 35.0 Å². The number of nitriles is 1. The number of primary amides is 1. The highest BCUT2D eigenvalue weighted by Crippen LogP contribution is 2.43. The van der Waals surface area contributed by atoms with Crippen molar-refractivity contribution in [1.29, 1.82) is 5.26 Å². The Morgan fingerprint density at radius 3 is 2.64 bits per heavy atom. The second kappa shape index (κ2) is 8.27. The van der Waals surface area contributed by atoms with Crippen molar-refractivity contribution in [2.75, 3.05) is 4.90 Å². The van der Waals surface area contributed by atoms with Gasteiger partial charge < -0.3 is 5.73 Å². The molecule has 5 nitrogen and oxygen atoms in total. The van der Waals surface area contributed by atoms with Gasteiger partial charge in [0, 0.05) is 10.0 Å². The van der Waals surface area contributed by atoms with E-state index in [1.165, 1.54) is 4.90 Å². The molecular formula is C20H15Cl2N3O2S. The Morgan fingerprint density at radius 1 is 1.29 bits per heavy atom. The number of hydrogen-bond donors (Lipinski definition) is 1. The molecule has 142 valence electrons. The number of nitrogens with zero attached hydrogens (tertiary/aromatic N) is 2. The van der Waals surface area contributed by atoms with E-state index in [0.29, 0.717) is 27.7 Å². The van der Waals surface area contributed by atoms with Gasteiger partial charge in [0.05, 0.1) is 10.9 Å². The molecule has 1 aliphatic rings. The number of carbonyl (C=O) groups is 2. The minimum Gasteiger partial charge on any atom is -0.365 e. The lowest BCUT2D eigenvalue weighted by atomic mass is 10.1. The van der Waals surface area contributed by atoms with Crippen molar-refractivity contribution in [2.24, 2.45) is 5.73 Å². The van der Waals surface area contributed by atoms with E-state index in [1.807, 2.05) is 25.1 Å². The summed E-state index contributed by atoms with van der Waals surface area (Å²) in [6.07, 6.45) is 0.298. The largest absolute Gasteiger partial charge is 0.365 e. The fourth-order valence-electron chi connectivity index (χ4n) is 2.93. The van der Waals surface area contributed by atoms with Crippen molar-refractivity contribution in [2.45, 2.75) is 18.6 Å². The lowest BCUT2D eigenvalue weighted by Gasteiger charge is -2.20. The van der Waals surface area contributed by atoms with E-state index < -0.39 is 11.2 Å². The molecule has 2 aromatic rings. The summed E-state index contributed by atoms with van der Waals surface area (Å²) in [7, 11) is 0. The molecule has 0 aliphatic carbocycles. The van der Waals surface area contributed by atoms with Gasteiger partial charge in [-0.2, -0.15) is 5.26 Å². The number of thioether (sulfide) groups is 1. The fraction of sp³-hybridized carbons (Fsp3) is 0.150. The Hall–Kier alpha value is -2.46. The first-order chi connectivity index (χ1) is 13.3. The van der Waals surface area contributed by atoms with Crippen LogP contribution in [0.25, 0.3) is 0 Å². The summed E-state index contributed by atoms with van der Waals surface area (Å²) >= 11 is 13.4. The topological polar surface area (TPSA) is 87.2 Å². The number of amides is 2. The zero-order chi connectivity index (χ0) is 20.4. The summed E-state index contributed by atoms with van der Waals surface area (Å²) in [5.74, 6) is -1.13. The van der Waals surface area contributed by atoms with Crippen molar-refractivity contribution in [3.63, 3.8) is 0 Å². The summed E-state index contributed by atoms with van der Waals surface area (Å²) in [6.45, 7) is 1.85. The first kappa shape index (κ1) is 20.3. The fourth-order valence-corrected chi connectivity index (χ4v) is 4.62. The van der Waals surface area contributed by atoms with Crippen molar-refractivity contribution in [3.8, 4) is 6.07 Å². The molecule has 2 N–H and O–H groups in total. The Labute approximate surface area is 176 Å². The normalized spacial score (nSPS) is 18.1. The maximum absolute atomic E-state index is 13.2. The van der Waals surface area contributed by atoms with Crippen molar-refractivity contribution in [3.05, 3.63) is 74.2 Å². The number of nitrogens with two attached hydrogens (primary N) is 1. The molecule has 3 rings (SSSR count). The van der Waals surface area contributed by atoms with E-state index in [9.17, 15) is 14.9 Å². The molecule has 0 radical (unpaired) electrons. The smallest absolute Gasteiger partial charge is 0.262 e. The van der Waals surface area contributed by atoms with Gasteiger partial charge in [-0.15, -0.1) is 0 Å². The van der Waals surface area contributed by atoms with E-state index in [0.717, 1.165) is 17.3 Å². The molecule has 1 atom stereocenters. The molecule has 0 saturated carbocycles. The van der Waals surface area contributed by atoms with E-state index in [4.69, 9.17) is 28.9 Å². The monoisotopic (exact) mass is 431 g/mol. The number of halogens is 2. The Bertz CT molecular complexity index is 1050. The highest BCUT2D eigenvalue weighted by molar-refractivity contribution is 8.05. The first-order valence-electron chi connectivity index (χ1n) is 8.28. The number of para-hydroxylation sites is 1. The van der Waals surface area contributed by atoms with Gasteiger partial charge in [-0.1, -0.05) is 53.2 Å².